The Bertz CT molecular complexity index is 2230. The Morgan fingerprint density at radius 1 is 0.927 bits per heavy atom. The first-order valence-electron chi connectivity index (χ1n) is 18.1. The van der Waals surface area contributed by atoms with E-state index < -0.39 is 45.0 Å². The molecule has 2 heterocycles. The van der Waals surface area contributed by atoms with Gasteiger partial charge in [0, 0.05) is 18.2 Å². The maximum atomic E-state index is 14.8. The van der Waals surface area contributed by atoms with Crippen molar-refractivity contribution < 1.29 is 37.3 Å². The van der Waals surface area contributed by atoms with Crippen molar-refractivity contribution in [2.24, 2.45) is 0 Å². The molecule has 0 saturated carbocycles. The first-order chi connectivity index (χ1) is 26.2. The zero-order valence-electron chi connectivity index (χ0n) is 31.8. The molecule has 2 atom stereocenters. The van der Waals surface area contributed by atoms with Gasteiger partial charge >= 0.3 is 5.97 Å². The molecule has 1 aromatic heterocycles. The molecule has 284 valence electrons. The summed E-state index contributed by atoms with van der Waals surface area (Å²) in [6, 6.07) is 33.2. The van der Waals surface area contributed by atoms with Crippen molar-refractivity contribution in [3.8, 4) is 45.5 Å². The molecule has 4 aromatic carbocycles. The Hall–Kier alpha value is -5.04. The summed E-state index contributed by atoms with van der Waals surface area (Å²) in [7, 11) is -5.84. The van der Waals surface area contributed by atoms with E-state index in [1.54, 1.807) is 12.1 Å². The van der Waals surface area contributed by atoms with E-state index in [9.17, 15) is 18.9 Å². The predicted molar refractivity (Wildman–Crippen MR) is 216 cm³/mol. The molecule has 0 saturated heterocycles. The number of benzene rings is 4. The van der Waals surface area contributed by atoms with Gasteiger partial charge in [-0.25, -0.2) is 4.39 Å². The molecule has 55 heavy (non-hydrogen) atoms. The smallest absolute Gasteiger partial charge is 0.305 e. The fraction of sp³-hybridized carbons (Fsp3) is 0.273. The zero-order chi connectivity index (χ0) is 39.4. The Balaban J connectivity index is 1.48. The van der Waals surface area contributed by atoms with Crippen LogP contribution in [-0.2, 0) is 18.3 Å². The van der Waals surface area contributed by atoms with Crippen LogP contribution in [0.2, 0.25) is 5.04 Å². The van der Waals surface area contributed by atoms with Crippen LogP contribution in [0.1, 0.15) is 58.2 Å². The minimum atomic E-state index is -3.90. The van der Waals surface area contributed by atoms with Gasteiger partial charge in [0.25, 0.3) is 15.7 Å². The number of hydrogen-bond donors (Lipinski definition) is 1. The number of hydrogen-bond acceptors (Lipinski definition) is 7. The van der Waals surface area contributed by atoms with Gasteiger partial charge in [-0.2, -0.15) is 0 Å². The molecular weight excluding hydrogens is 733 g/mol. The van der Waals surface area contributed by atoms with Crippen LogP contribution in [0.4, 0.5) is 4.39 Å². The van der Waals surface area contributed by atoms with E-state index in [1.165, 1.54) is 19.2 Å². The number of rotatable bonds is 12. The Labute approximate surface area is 323 Å². The number of aromatic nitrogens is 1. The highest BCUT2D eigenvalue weighted by Crippen LogP contribution is 2.49. The number of carboxylic acid groups (broad SMARTS) is 1. The summed E-state index contributed by atoms with van der Waals surface area (Å²) in [5.41, 5.74) is 6.71. The maximum Gasteiger partial charge on any atom is 0.305 e. The minimum absolute atomic E-state index is 0.0900. The molecule has 0 aliphatic carbocycles. The van der Waals surface area contributed by atoms with Gasteiger partial charge in [-0.3, -0.25) is 14.3 Å². The fourth-order valence-corrected chi connectivity index (χ4v) is 13.3. The molecule has 5 aromatic rings. The van der Waals surface area contributed by atoms with Crippen LogP contribution in [0, 0.1) is 17.4 Å². The van der Waals surface area contributed by atoms with Gasteiger partial charge in [0.1, 0.15) is 5.82 Å². The molecule has 2 unspecified atom stereocenters. The van der Waals surface area contributed by atoms with E-state index >= 15 is 0 Å². The topological polar surface area (TPSA) is 104 Å². The quantitative estimate of drug-likeness (QED) is 0.0761. The minimum Gasteiger partial charge on any atom is -0.481 e. The highest BCUT2D eigenvalue weighted by molar-refractivity contribution is 7.64. The summed E-state index contributed by atoms with van der Waals surface area (Å²) in [6.45, 7) is 10.3. The average Bonchev–Trinajstić information content (AvgIpc) is 3.66. The third-order valence-electron chi connectivity index (χ3n) is 9.67. The van der Waals surface area contributed by atoms with Crippen molar-refractivity contribution in [3.63, 3.8) is 0 Å². The van der Waals surface area contributed by atoms with E-state index in [0.717, 1.165) is 15.9 Å². The lowest BCUT2D eigenvalue weighted by atomic mass is 9.92. The molecule has 0 bridgehead atoms. The van der Waals surface area contributed by atoms with Crippen LogP contribution in [0.5, 0.6) is 11.5 Å². The monoisotopic (exact) mass is 777 g/mol. The third kappa shape index (κ3) is 8.46. The van der Waals surface area contributed by atoms with E-state index in [0.29, 0.717) is 39.6 Å². The number of para-hydroxylation sites is 1. The molecule has 8 nitrogen and oxygen atoms in total. The Morgan fingerprint density at radius 2 is 1.56 bits per heavy atom. The predicted octanol–water partition coefficient (Wildman–Crippen LogP) is 9.06. The first kappa shape index (κ1) is 39.6. The molecule has 0 spiro atoms. The van der Waals surface area contributed by atoms with Crippen molar-refractivity contribution in [2.45, 2.75) is 58.1 Å². The number of ether oxygens (including phenoxy) is 2. The van der Waals surface area contributed by atoms with Gasteiger partial charge < -0.3 is 23.5 Å². The van der Waals surface area contributed by atoms with E-state index in [4.69, 9.17) is 23.4 Å². The van der Waals surface area contributed by atoms with E-state index in [2.05, 4.69) is 32.4 Å². The van der Waals surface area contributed by atoms with Gasteiger partial charge in [-0.05, 0) is 62.9 Å². The second kappa shape index (κ2) is 16.4. The van der Waals surface area contributed by atoms with Crippen molar-refractivity contribution in [1.29, 1.82) is 0 Å². The van der Waals surface area contributed by atoms with Crippen LogP contribution >= 0.6 is 7.37 Å². The summed E-state index contributed by atoms with van der Waals surface area (Å²) < 4.78 is 53.3. The average molecular weight is 778 g/mol. The summed E-state index contributed by atoms with van der Waals surface area (Å²) >= 11 is 0. The lowest BCUT2D eigenvalue weighted by molar-refractivity contribution is -0.138. The second-order valence-electron chi connectivity index (χ2n) is 14.8. The lowest BCUT2D eigenvalue weighted by Gasteiger charge is -2.45. The van der Waals surface area contributed by atoms with Crippen LogP contribution in [0.3, 0.4) is 0 Å². The number of carbonyl (C=O) groups is 1. The second-order valence-corrected chi connectivity index (χ2v) is 21.3. The van der Waals surface area contributed by atoms with Gasteiger partial charge in [0.05, 0.1) is 35.6 Å². The summed E-state index contributed by atoms with van der Waals surface area (Å²) in [5.74, 6) is 2.72. The highest BCUT2D eigenvalue weighted by atomic mass is 31.2. The number of pyridine rings is 1. The lowest BCUT2D eigenvalue weighted by Crippen LogP contribution is -2.68. The Kier molecular flexibility index (Phi) is 11.8. The SMILES string of the molecule is COP(=O)(C#Cc1c(-c2ccc(F)cc2)cc(-c2cccc3c2OCO3)nc1C(C)C)CC(CC(=O)O)O[Si](c1ccccc1)(c1ccccc1)C(C)(C)C. The number of carboxylic acids is 1. The number of aliphatic carboxylic acids is 1. The maximum absolute atomic E-state index is 14.8. The van der Waals surface area contributed by atoms with Crippen molar-refractivity contribution in [3.05, 3.63) is 126 Å². The van der Waals surface area contributed by atoms with Crippen molar-refractivity contribution in [2.75, 3.05) is 20.1 Å². The fourth-order valence-electron chi connectivity index (χ4n) is 7.10. The van der Waals surface area contributed by atoms with Crippen LogP contribution in [0.15, 0.2) is 109 Å². The van der Waals surface area contributed by atoms with Crippen LogP contribution < -0.4 is 19.8 Å². The molecule has 0 fully saturated rings. The zero-order valence-corrected chi connectivity index (χ0v) is 33.7. The van der Waals surface area contributed by atoms with Gasteiger partial charge in [-0.15, -0.1) is 0 Å². The Morgan fingerprint density at radius 3 is 2.13 bits per heavy atom. The van der Waals surface area contributed by atoms with Gasteiger partial charge in [0.2, 0.25) is 6.79 Å². The molecule has 11 heteroatoms. The molecule has 1 N–H and O–H groups in total. The van der Waals surface area contributed by atoms with Gasteiger partial charge in [0.15, 0.2) is 11.5 Å². The number of fused-ring (bicyclic) bond motifs is 1. The largest absolute Gasteiger partial charge is 0.481 e. The summed E-state index contributed by atoms with van der Waals surface area (Å²) in [5, 5.41) is 11.6. The normalized spacial score (nSPS) is 14.2. The van der Waals surface area contributed by atoms with Crippen molar-refractivity contribution >= 4 is 32.0 Å². The first-order valence-corrected chi connectivity index (χ1v) is 21.8. The third-order valence-corrected chi connectivity index (χ3v) is 16.7. The molecule has 0 amide bonds. The van der Waals surface area contributed by atoms with E-state index in [1.807, 2.05) is 98.8 Å². The highest BCUT2D eigenvalue weighted by Gasteiger charge is 2.52. The van der Waals surface area contributed by atoms with Crippen molar-refractivity contribution in [1.82, 2.24) is 4.98 Å². The number of halogens is 1. The number of nitrogens with zero attached hydrogens (tertiary/aromatic N) is 1. The molecule has 0 radical (unpaired) electrons. The molecular formula is C44H45FNO7PSi. The summed E-state index contributed by atoms with van der Waals surface area (Å²) in [4.78, 5) is 17.5. The molecule has 6 rings (SSSR count). The van der Waals surface area contributed by atoms with Gasteiger partial charge in [-0.1, -0.05) is 119 Å². The van der Waals surface area contributed by atoms with Crippen LogP contribution in [-0.4, -0.2) is 50.5 Å². The molecule has 1 aliphatic heterocycles. The van der Waals surface area contributed by atoms with E-state index in [-0.39, 0.29) is 18.9 Å². The standard InChI is InChI=1S/C44H45FNO7PSi/c1-30(2)42-36(38(31-20-22-32(45)23-21-31)27-39(46-42)37-18-13-19-40-43(37)52-29-51-40)24-25-54(49,50-6)28-33(26-41(47)48)53-55(44(3,4)5,34-14-9-7-10-15-34)35-16-11-8-12-17-35/h7-23,27,30,33H,26,28-29H2,1-6H3,(H,47,48). The molecule has 1 aliphatic rings. The van der Waals surface area contributed by atoms with Crippen LogP contribution in [0.25, 0.3) is 22.4 Å². The summed E-state index contributed by atoms with van der Waals surface area (Å²) in [6.07, 6.45) is -1.70.